The fraction of sp³-hybridized carbons (Fsp3) is 0.333. The minimum Gasteiger partial charge on any atom is -0.389 e. The van der Waals surface area contributed by atoms with Gasteiger partial charge in [-0.2, -0.15) is 0 Å². The Hall–Kier alpha value is -1.42. The summed E-state index contributed by atoms with van der Waals surface area (Å²) in [7, 11) is 0. The molecule has 1 aromatic rings. The monoisotopic (exact) mass is 234 g/mol. The van der Waals surface area contributed by atoms with E-state index in [1.807, 2.05) is 4.90 Å². The molecule has 0 aliphatic carbocycles. The predicted octanol–water partition coefficient (Wildman–Crippen LogP) is 1.56. The van der Waals surface area contributed by atoms with Crippen molar-refractivity contribution in [1.29, 1.82) is 0 Å². The van der Waals surface area contributed by atoms with Crippen LogP contribution < -0.4 is 5.73 Å². The molecular weight excluding hydrogens is 220 g/mol. The number of likely N-dealkylation sites (tertiary alicyclic amines) is 1. The van der Waals surface area contributed by atoms with Crippen LogP contribution in [0.5, 0.6) is 0 Å². The van der Waals surface area contributed by atoms with E-state index in [-0.39, 0.29) is 5.91 Å². The summed E-state index contributed by atoms with van der Waals surface area (Å²) >= 11 is 4.86. The summed E-state index contributed by atoms with van der Waals surface area (Å²) in [6, 6.07) is 7.17. The molecule has 4 heteroatoms. The first kappa shape index (κ1) is 11.1. The van der Waals surface area contributed by atoms with Crippen molar-refractivity contribution < 1.29 is 4.79 Å². The maximum absolute atomic E-state index is 12.0. The molecule has 84 valence electrons. The Bertz CT molecular complexity index is 408. The van der Waals surface area contributed by atoms with Crippen LogP contribution in [-0.2, 0) is 0 Å². The number of hydrogen-bond donors (Lipinski definition) is 1. The van der Waals surface area contributed by atoms with Gasteiger partial charge in [0.25, 0.3) is 5.91 Å². The van der Waals surface area contributed by atoms with Gasteiger partial charge < -0.3 is 10.6 Å². The number of thiocarbonyl (C=S) groups is 1. The van der Waals surface area contributed by atoms with Crippen molar-refractivity contribution >= 4 is 23.1 Å². The number of hydrogen-bond acceptors (Lipinski definition) is 2. The lowest BCUT2D eigenvalue weighted by atomic mass is 10.1. The molecule has 0 bridgehead atoms. The average Bonchev–Trinajstić information content (AvgIpc) is 2.81. The summed E-state index contributed by atoms with van der Waals surface area (Å²) in [6.45, 7) is 1.74. The largest absolute Gasteiger partial charge is 0.389 e. The fourth-order valence-electron chi connectivity index (χ4n) is 1.88. The number of amides is 1. The molecular formula is C12H14N2OS. The molecule has 1 aromatic carbocycles. The molecule has 0 saturated carbocycles. The maximum atomic E-state index is 12.0. The molecule has 1 fully saturated rings. The Balaban J connectivity index is 2.14. The quantitative estimate of drug-likeness (QED) is 0.790. The first-order chi connectivity index (χ1) is 7.68. The zero-order valence-electron chi connectivity index (χ0n) is 8.98. The van der Waals surface area contributed by atoms with E-state index >= 15 is 0 Å². The summed E-state index contributed by atoms with van der Waals surface area (Å²) in [6.07, 6.45) is 2.22. The van der Waals surface area contributed by atoms with Gasteiger partial charge in [0.15, 0.2) is 0 Å². The molecule has 1 aliphatic heterocycles. The number of carbonyl (C=O) groups excluding carboxylic acids is 1. The topological polar surface area (TPSA) is 46.3 Å². The third kappa shape index (κ3) is 2.22. The van der Waals surface area contributed by atoms with Crippen LogP contribution in [0, 0.1) is 0 Å². The molecule has 0 unspecified atom stereocenters. The molecule has 1 heterocycles. The van der Waals surface area contributed by atoms with E-state index in [0.717, 1.165) is 31.5 Å². The molecule has 1 amide bonds. The van der Waals surface area contributed by atoms with Gasteiger partial charge in [0.2, 0.25) is 0 Å². The van der Waals surface area contributed by atoms with Crippen LogP contribution >= 0.6 is 12.2 Å². The zero-order valence-corrected chi connectivity index (χ0v) is 9.80. The lowest BCUT2D eigenvalue weighted by molar-refractivity contribution is 0.0793. The highest BCUT2D eigenvalue weighted by Crippen LogP contribution is 2.13. The Morgan fingerprint density at radius 3 is 2.12 bits per heavy atom. The Morgan fingerprint density at radius 2 is 1.62 bits per heavy atom. The van der Waals surface area contributed by atoms with Crippen LogP contribution in [0.1, 0.15) is 28.8 Å². The summed E-state index contributed by atoms with van der Waals surface area (Å²) < 4.78 is 0. The van der Waals surface area contributed by atoms with E-state index in [0.29, 0.717) is 10.6 Å². The second-order valence-corrected chi connectivity index (χ2v) is 4.38. The molecule has 1 aliphatic rings. The first-order valence-corrected chi connectivity index (χ1v) is 5.78. The molecule has 0 atom stereocenters. The normalized spacial score (nSPS) is 15.1. The van der Waals surface area contributed by atoms with Crippen molar-refractivity contribution in [3.05, 3.63) is 35.4 Å². The second kappa shape index (κ2) is 4.61. The van der Waals surface area contributed by atoms with Gasteiger partial charge in [0.05, 0.1) is 0 Å². The third-order valence-corrected chi connectivity index (χ3v) is 3.05. The number of nitrogens with two attached hydrogens (primary N) is 1. The lowest BCUT2D eigenvalue weighted by Gasteiger charge is -2.15. The van der Waals surface area contributed by atoms with Crippen molar-refractivity contribution in [2.75, 3.05) is 13.1 Å². The van der Waals surface area contributed by atoms with Crippen molar-refractivity contribution in [3.63, 3.8) is 0 Å². The van der Waals surface area contributed by atoms with Gasteiger partial charge in [-0.3, -0.25) is 4.79 Å². The van der Waals surface area contributed by atoms with Gasteiger partial charge in [0.1, 0.15) is 4.99 Å². The molecule has 1 saturated heterocycles. The van der Waals surface area contributed by atoms with E-state index in [1.165, 1.54) is 0 Å². The van der Waals surface area contributed by atoms with Crippen LogP contribution in [0.15, 0.2) is 24.3 Å². The van der Waals surface area contributed by atoms with Crippen LogP contribution in [0.25, 0.3) is 0 Å². The molecule has 0 radical (unpaired) electrons. The van der Waals surface area contributed by atoms with Gasteiger partial charge in [0, 0.05) is 24.2 Å². The zero-order chi connectivity index (χ0) is 11.5. The van der Waals surface area contributed by atoms with Crippen LogP contribution in [0.3, 0.4) is 0 Å². The standard InChI is InChI=1S/C12H14N2OS/c13-11(16)9-3-5-10(6-4-9)12(15)14-7-1-2-8-14/h3-6H,1-2,7-8H2,(H2,13,16). The van der Waals surface area contributed by atoms with Crippen LogP contribution in [-0.4, -0.2) is 28.9 Å². The van der Waals surface area contributed by atoms with Gasteiger partial charge in [-0.15, -0.1) is 0 Å². The molecule has 2 rings (SSSR count). The summed E-state index contributed by atoms with van der Waals surface area (Å²) in [5.74, 6) is 0.104. The van der Waals surface area contributed by atoms with Gasteiger partial charge in [-0.1, -0.05) is 24.4 Å². The Morgan fingerprint density at radius 1 is 1.12 bits per heavy atom. The molecule has 16 heavy (non-hydrogen) atoms. The summed E-state index contributed by atoms with van der Waals surface area (Å²) in [5.41, 5.74) is 7.01. The van der Waals surface area contributed by atoms with Crippen LogP contribution in [0.4, 0.5) is 0 Å². The molecule has 0 spiro atoms. The fourth-order valence-corrected chi connectivity index (χ4v) is 2.02. The Labute approximate surface area is 100 Å². The van der Waals surface area contributed by atoms with Gasteiger partial charge >= 0.3 is 0 Å². The molecule has 3 nitrogen and oxygen atoms in total. The molecule has 2 N–H and O–H groups in total. The van der Waals surface area contributed by atoms with E-state index in [9.17, 15) is 4.79 Å². The van der Waals surface area contributed by atoms with E-state index < -0.39 is 0 Å². The average molecular weight is 234 g/mol. The minimum atomic E-state index is 0.104. The third-order valence-electron chi connectivity index (χ3n) is 2.81. The maximum Gasteiger partial charge on any atom is 0.253 e. The number of nitrogens with zero attached hydrogens (tertiary/aromatic N) is 1. The van der Waals surface area contributed by atoms with Crippen LogP contribution in [0.2, 0.25) is 0 Å². The number of carbonyl (C=O) groups is 1. The lowest BCUT2D eigenvalue weighted by Crippen LogP contribution is -2.27. The van der Waals surface area contributed by atoms with E-state index in [1.54, 1.807) is 24.3 Å². The smallest absolute Gasteiger partial charge is 0.253 e. The van der Waals surface area contributed by atoms with Crippen molar-refractivity contribution in [1.82, 2.24) is 4.90 Å². The van der Waals surface area contributed by atoms with Crippen molar-refractivity contribution in [2.45, 2.75) is 12.8 Å². The van der Waals surface area contributed by atoms with Gasteiger partial charge in [-0.05, 0) is 25.0 Å². The first-order valence-electron chi connectivity index (χ1n) is 5.37. The van der Waals surface area contributed by atoms with Gasteiger partial charge in [-0.25, -0.2) is 0 Å². The summed E-state index contributed by atoms with van der Waals surface area (Å²) in [5, 5.41) is 0. The summed E-state index contributed by atoms with van der Waals surface area (Å²) in [4.78, 5) is 14.2. The van der Waals surface area contributed by atoms with E-state index in [2.05, 4.69) is 0 Å². The highest BCUT2D eigenvalue weighted by Gasteiger charge is 2.19. The highest BCUT2D eigenvalue weighted by molar-refractivity contribution is 7.80. The predicted molar refractivity (Wildman–Crippen MR) is 67.5 cm³/mol. The van der Waals surface area contributed by atoms with Crippen molar-refractivity contribution in [2.24, 2.45) is 5.73 Å². The van der Waals surface area contributed by atoms with Crippen molar-refractivity contribution in [3.8, 4) is 0 Å². The SMILES string of the molecule is NC(=S)c1ccc(C(=O)N2CCCC2)cc1. The Kier molecular flexibility index (Phi) is 3.19. The second-order valence-electron chi connectivity index (χ2n) is 3.94. The highest BCUT2D eigenvalue weighted by atomic mass is 32.1. The number of rotatable bonds is 2. The minimum absolute atomic E-state index is 0.104. The molecule has 0 aromatic heterocycles. The number of benzene rings is 1. The van der Waals surface area contributed by atoms with E-state index in [4.69, 9.17) is 18.0 Å².